The highest BCUT2D eigenvalue weighted by Crippen LogP contribution is 2.19. The van der Waals surface area contributed by atoms with E-state index in [0.717, 1.165) is 12.0 Å². The van der Waals surface area contributed by atoms with E-state index in [-0.39, 0.29) is 18.1 Å². The van der Waals surface area contributed by atoms with Crippen molar-refractivity contribution in [3.05, 3.63) is 35.4 Å². The van der Waals surface area contributed by atoms with E-state index in [1.165, 1.54) is 0 Å². The van der Waals surface area contributed by atoms with Gasteiger partial charge in [0.1, 0.15) is 0 Å². The van der Waals surface area contributed by atoms with E-state index in [1.54, 1.807) is 18.2 Å². The smallest absolute Gasteiger partial charge is 0.335 e. The third kappa shape index (κ3) is 2.33. The zero-order valence-electron chi connectivity index (χ0n) is 8.10. The molecule has 0 saturated heterocycles. The van der Waals surface area contributed by atoms with Crippen molar-refractivity contribution in [2.75, 3.05) is 6.61 Å². The van der Waals surface area contributed by atoms with Crippen molar-refractivity contribution in [1.29, 1.82) is 0 Å². The predicted molar refractivity (Wildman–Crippen MR) is 53.5 cm³/mol. The summed E-state index contributed by atoms with van der Waals surface area (Å²) >= 11 is 0. The van der Waals surface area contributed by atoms with Gasteiger partial charge >= 0.3 is 5.97 Å². The lowest BCUT2D eigenvalue weighted by atomic mass is 9.96. The van der Waals surface area contributed by atoms with Crippen LogP contribution in [0.25, 0.3) is 0 Å². The van der Waals surface area contributed by atoms with Gasteiger partial charge in [-0.05, 0) is 24.1 Å². The Morgan fingerprint density at radius 3 is 2.71 bits per heavy atom. The van der Waals surface area contributed by atoms with Crippen LogP contribution < -0.4 is 0 Å². The first-order valence-corrected chi connectivity index (χ1v) is 4.63. The lowest BCUT2D eigenvalue weighted by molar-refractivity contribution is 0.0696. The largest absolute Gasteiger partial charge is 0.478 e. The number of aliphatic hydroxyl groups excluding tert-OH is 1. The van der Waals surface area contributed by atoms with Gasteiger partial charge in [-0.2, -0.15) is 0 Å². The van der Waals surface area contributed by atoms with E-state index < -0.39 is 5.97 Å². The zero-order chi connectivity index (χ0) is 10.6. The van der Waals surface area contributed by atoms with Crippen molar-refractivity contribution in [3.63, 3.8) is 0 Å². The van der Waals surface area contributed by atoms with Crippen molar-refractivity contribution in [3.8, 4) is 0 Å². The molecule has 0 heterocycles. The molecule has 3 nitrogen and oxygen atoms in total. The second-order valence-corrected chi connectivity index (χ2v) is 3.22. The van der Waals surface area contributed by atoms with Crippen LogP contribution in [0.2, 0.25) is 0 Å². The maximum absolute atomic E-state index is 10.7. The van der Waals surface area contributed by atoms with Crippen molar-refractivity contribution in [2.45, 2.75) is 19.3 Å². The van der Waals surface area contributed by atoms with Crippen LogP contribution in [0.4, 0.5) is 0 Å². The average molecular weight is 194 g/mol. The van der Waals surface area contributed by atoms with Crippen LogP contribution in [0.15, 0.2) is 24.3 Å². The second kappa shape index (κ2) is 4.77. The molecule has 1 unspecified atom stereocenters. The number of aliphatic hydroxyl groups is 1. The number of carboxylic acid groups (broad SMARTS) is 1. The monoisotopic (exact) mass is 194 g/mol. The third-order valence-electron chi connectivity index (χ3n) is 2.32. The number of rotatable bonds is 4. The van der Waals surface area contributed by atoms with Gasteiger partial charge in [0.05, 0.1) is 5.56 Å². The molecule has 1 atom stereocenters. The fourth-order valence-electron chi connectivity index (χ4n) is 1.40. The molecular formula is C11H14O3. The number of hydrogen-bond donors (Lipinski definition) is 2. The molecule has 0 saturated carbocycles. The lowest BCUT2D eigenvalue weighted by Gasteiger charge is -2.11. The summed E-state index contributed by atoms with van der Waals surface area (Å²) in [6.45, 7) is 2.02. The number of aromatic carboxylic acids is 1. The van der Waals surface area contributed by atoms with E-state index >= 15 is 0 Å². The molecule has 1 rings (SSSR count). The molecular weight excluding hydrogens is 180 g/mol. The molecule has 0 aliphatic heterocycles. The molecule has 2 N–H and O–H groups in total. The summed E-state index contributed by atoms with van der Waals surface area (Å²) in [5.41, 5.74) is 1.16. The minimum Gasteiger partial charge on any atom is -0.478 e. The first kappa shape index (κ1) is 10.7. The lowest BCUT2D eigenvalue weighted by Crippen LogP contribution is -2.04. The van der Waals surface area contributed by atoms with Crippen molar-refractivity contribution in [1.82, 2.24) is 0 Å². The van der Waals surface area contributed by atoms with Crippen LogP contribution in [-0.4, -0.2) is 22.8 Å². The summed E-state index contributed by atoms with van der Waals surface area (Å²) in [5.74, 6) is -0.894. The predicted octanol–water partition coefficient (Wildman–Crippen LogP) is 1.87. The minimum absolute atomic E-state index is 0.0364. The summed E-state index contributed by atoms with van der Waals surface area (Å²) in [6, 6.07) is 6.72. The Bertz CT molecular complexity index is 316. The number of carboxylic acids is 1. The Morgan fingerprint density at radius 2 is 2.21 bits per heavy atom. The Morgan fingerprint density at radius 1 is 1.50 bits per heavy atom. The molecule has 0 radical (unpaired) electrons. The van der Waals surface area contributed by atoms with Crippen LogP contribution in [0.1, 0.15) is 35.2 Å². The Balaban J connectivity index is 2.98. The van der Waals surface area contributed by atoms with Gasteiger partial charge in [-0.1, -0.05) is 19.1 Å². The van der Waals surface area contributed by atoms with Crippen LogP contribution in [0.3, 0.4) is 0 Å². The van der Waals surface area contributed by atoms with E-state index in [9.17, 15) is 4.79 Å². The van der Waals surface area contributed by atoms with Crippen LogP contribution in [0, 0.1) is 0 Å². The zero-order valence-corrected chi connectivity index (χ0v) is 8.10. The first-order chi connectivity index (χ1) is 6.69. The molecule has 3 heteroatoms. The van der Waals surface area contributed by atoms with Crippen LogP contribution >= 0.6 is 0 Å². The van der Waals surface area contributed by atoms with Crippen molar-refractivity contribution in [2.24, 2.45) is 0 Å². The fraction of sp³-hybridized carbons (Fsp3) is 0.364. The summed E-state index contributed by atoms with van der Waals surface area (Å²) in [6.07, 6.45) is 0.805. The molecule has 14 heavy (non-hydrogen) atoms. The molecule has 0 amide bonds. The molecule has 0 bridgehead atoms. The van der Waals surface area contributed by atoms with E-state index in [0.29, 0.717) is 0 Å². The van der Waals surface area contributed by atoms with E-state index in [2.05, 4.69) is 0 Å². The van der Waals surface area contributed by atoms with E-state index in [4.69, 9.17) is 10.2 Å². The van der Waals surface area contributed by atoms with Gasteiger partial charge < -0.3 is 10.2 Å². The summed E-state index contributed by atoms with van der Waals surface area (Å²) in [7, 11) is 0. The maximum Gasteiger partial charge on any atom is 0.335 e. The first-order valence-electron chi connectivity index (χ1n) is 4.63. The highest BCUT2D eigenvalue weighted by atomic mass is 16.4. The van der Waals surface area contributed by atoms with E-state index in [1.807, 2.05) is 13.0 Å². The Hall–Kier alpha value is -1.35. The van der Waals surface area contributed by atoms with Gasteiger partial charge in [0.25, 0.3) is 0 Å². The third-order valence-corrected chi connectivity index (χ3v) is 2.32. The molecule has 76 valence electrons. The second-order valence-electron chi connectivity index (χ2n) is 3.22. The highest BCUT2D eigenvalue weighted by molar-refractivity contribution is 5.87. The Labute approximate surface area is 83.0 Å². The quantitative estimate of drug-likeness (QED) is 0.769. The topological polar surface area (TPSA) is 57.5 Å². The van der Waals surface area contributed by atoms with Crippen molar-refractivity contribution < 1.29 is 15.0 Å². The van der Waals surface area contributed by atoms with Crippen LogP contribution in [-0.2, 0) is 0 Å². The van der Waals surface area contributed by atoms with Gasteiger partial charge in [0.15, 0.2) is 0 Å². The normalized spacial score (nSPS) is 12.4. The molecule has 0 aromatic heterocycles. The molecule has 0 spiro atoms. The van der Waals surface area contributed by atoms with Gasteiger partial charge in [-0.15, -0.1) is 0 Å². The summed E-state index contributed by atoms with van der Waals surface area (Å²) in [5, 5.41) is 17.8. The Kier molecular flexibility index (Phi) is 3.65. The van der Waals surface area contributed by atoms with Gasteiger partial charge in [-0.25, -0.2) is 4.79 Å². The molecule has 0 aliphatic rings. The molecule has 1 aromatic rings. The number of hydrogen-bond acceptors (Lipinski definition) is 2. The molecule has 0 fully saturated rings. The van der Waals surface area contributed by atoms with Crippen LogP contribution in [0.5, 0.6) is 0 Å². The number of benzene rings is 1. The standard InChI is InChI=1S/C11H14O3/c1-2-8(7-12)9-4-3-5-10(6-9)11(13)14/h3-6,8,12H,2,7H2,1H3,(H,13,14). The average Bonchev–Trinajstić information content (AvgIpc) is 2.20. The van der Waals surface area contributed by atoms with Gasteiger partial charge in [0, 0.05) is 12.5 Å². The maximum atomic E-state index is 10.7. The molecule has 0 aliphatic carbocycles. The SMILES string of the molecule is CCC(CO)c1cccc(C(=O)O)c1. The fourth-order valence-corrected chi connectivity index (χ4v) is 1.40. The summed E-state index contributed by atoms with van der Waals surface area (Å²) < 4.78 is 0. The highest BCUT2D eigenvalue weighted by Gasteiger charge is 2.10. The van der Waals surface area contributed by atoms with Gasteiger partial charge in [-0.3, -0.25) is 0 Å². The minimum atomic E-state index is -0.931. The summed E-state index contributed by atoms with van der Waals surface area (Å²) in [4.78, 5) is 10.7. The molecule has 1 aromatic carbocycles. The number of carbonyl (C=O) groups is 1. The van der Waals surface area contributed by atoms with Crippen molar-refractivity contribution >= 4 is 5.97 Å². The van der Waals surface area contributed by atoms with Gasteiger partial charge in [0.2, 0.25) is 0 Å².